The Morgan fingerprint density at radius 2 is 2.08 bits per heavy atom. The quantitative estimate of drug-likeness (QED) is 0.729. The summed E-state index contributed by atoms with van der Waals surface area (Å²) < 4.78 is 8.18. The second kappa shape index (κ2) is 7.60. The summed E-state index contributed by atoms with van der Waals surface area (Å²) in [6.07, 6.45) is 1.63. The maximum absolute atomic E-state index is 12.8. The van der Waals surface area contributed by atoms with Gasteiger partial charge in [0, 0.05) is 34.2 Å². The molecule has 0 bridgehead atoms. The molecule has 1 unspecified atom stereocenters. The number of piperidine rings is 1. The number of carbonyl (C=O) groups excluding carboxylic acids is 2. The van der Waals surface area contributed by atoms with Crippen LogP contribution in [0.3, 0.4) is 0 Å². The van der Waals surface area contributed by atoms with Crippen molar-refractivity contribution in [2.75, 3.05) is 19.7 Å². The second-order valence-corrected chi connectivity index (χ2v) is 7.23. The summed E-state index contributed by atoms with van der Waals surface area (Å²) in [5, 5.41) is 1.11. The number of benzene rings is 1. The summed E-state index contributed by atoms with van der Waals surface area (Å²) in [4.78, 5) is 26.6. The van der Waals surface area contributed by atoms with Crippen LogP contribution in [0.25, 0.3) is 10.9 Å². The molecular weight excluding hydrogens is 384 g/mol. The summed E-state index contributed by atoms with van der Waals surface area (Å²) in [5.41, 5.74) is 2.08. The minimum atomic E-state index is -0.202. The van der Waals surface area contributed by atoms with Crippen LogP contribution in [0.5, 0.6) is 0 Å². The summed E-state index contributed by atoms with van der Waals surface area (Å²) >= 11 is 3.63. The molecule has 2 heterocycles. The van der Waals surface area contributed by atoms with Crippen molar-refractivity contribution in [2.45, 2.75) is 33.2 Å². The molecule has 1 fully saturated rings. The van der Waals surface area contributed by atoms with Crippen molar-refractivity contribution in [3.8, 4) is 0 Å². The van der Waals surface area contributed by atoms with Crippen LogP contribution in [0.2, 0.25) is 0 Å². The maximum atomic E-state index is 12.8. The van der Waals surface area contributed by atoms with Gasteiger partial charge >= 0.3 is 5.97 Å². The Balaban J connectivity index is 1.76. The van der Waals surface area contributed by atoms with Crippen molar-refractivity contribution in [3.63, 3.8) is 0 Å². The first kappa shape index (κ1) is 18.0. The van der Waals surface area contributed by atoms with Gasteiger partial charge in [-0.3, -0.25) is 9.59 Å². The van der Waals surface area contributed by atoms with Crippen LogP contribution < -0.4 is 0 Å². The number of fused-ring (bicyclic) bond motifs is 1. The average molecular weight is 407 g/mol. The Morgan fingerprint density at radius 1 is 1.32 bits per heavy atom. The van der Waals surface area contributed by atoms with E-state index < -0.39 is 0 Å². The highest BCUT2D eigenvalue weighted by Gasteiger charge is 2.29. The van der Waals surface area contributed by atoms with Gasteiger partial charge in [-0.05, 0) is 48.7 Å². The first-order valence-electron chi connectivity index (χ1n) is 8.70. The van der Waals surface area contributed by atoms with Crippen LogP contribution in [0.1, 0.15) is 25.5 Å². The van der Waals surface area contributed by atoms with Crippen LogP contribution in [0.15, 0.2) is 28.7 Å². The van der Waals surface area contributed by atoms with Gasteiger partial charge in [-0.15, -0.1) is 0 Å². The van der Waals surface area contributed by atoms with Crippen molar-refractivity contribution in [3.05, 3.63) is 34.4 Å². The number of esters is 1. The number of aromatic nitrogens is 1. The van der Waals surface area contributed by atoms with E-state index >= 15 is 0 Å². The van der Waals surface area contributed by atoms with Crippen LogP contribution >= 0.6 is 15.9 Å². The molecule has 1 aliphatic rings. The number of hydrogen-bond donors (Lipinski definition) is 0. The zero-order valence-electron chi connectivity index (χ0n) is 14.6. The third-order valence-corrected chi connectivity index (χ3v) is 5.84. The van der Waals surface area contributed by atoms with Crippen molar-refractivity contribution >= 4 is 38.7 Å². The number of hydrogen-bond acceptors (Lipinski definition) is 3. The van der Waals surface area contributed by atoms with Gasteiger partial charge in [-0.1, -0.05) is 18.2 Å². The van der Waals surface area contributed by atoms with E-state index in [4.69, 9.17) is 4.74 Å². The van der Waals surface area contributed by atoms with Crippen LogP contribution in [-0.2, 0) is 20.9 Å². The molecule has 0 aliphatic carbocycles. The zero-order valence-corrected chi connectivity index (χ0v) is 16.2. The van der Waals surface area contributed by atoms with E-state index in [0.717, 1.165) is 33.9 Å². The molecule has 6 heteroatoms. The number of halogens is 1. The van der Waals surface area contributed by atoms with E-state index in [1.807, 2.05) is 35.8 Å². The van der Waals surface area contributed by atoms with Gasteiger partial charge in [-0.25, -0.2) is 0 Å². The van der Waals surface area contributed by atoms with Crippen molar-refractivity contribution in [2.24, 2.45) is 5.92 Å². The predicted octanol–water partition coefficient (Wildman–Crippen LogP) is 3.51. The van der Waals surface area contributed by atoms with Crippen LogP contribution in [0.4, 0.5) is 0 Å². The number of amides is 1. The minimum Gasteiger partial charge on any atom is -0.466 e. The molecule has 0 spiro atoms. The van der Waals surface area contributed by atoms with E-state index in [1.54, 1.807) is 11.8 Å². The Labute approximate surface area is 156 Å². The number of nitrogens with zero attached hydrogens (tertiary/aromatic N) is 2. The molecule has 1 amide bonds. The van der Waals surface area contributed by atoms with Gasteiger partial charge in [0.25, 0.3) is 0 Å². The van der Waals surface area contributed by atoms with Gasteiger partial charge in [-0.2, -0.15) is 0 Å². The molecule has 1 saturated heterocycles. The third kappa shape index (κ3) is 3.59. The Hall–Kier alpha value is -1.82. The lowest BCUT2D eigenvalue weighted by atomic mass is 9.98. The molecule has 2 aromatic rings. The highest BCUT2D eigenvalue weighted by atomic mass is 79.9. The fourth-order valence-corrected chi connectivity index (χ4v) is 4.03. The molecule has 0 saturated carbocycles. The molecule has 1 aliphatic heterocycles. The molecular formula is C19H23BrN2O3. The minimum absolute atomic E-state index is 0.0466. The standard InChI is InChI=1S/C19H23BrN2O3/c1-3-25-19(24)14-7-6-10-21(11-14)17(23)12-22-13(2)18(20)15-8-4-5-9-16(15)22/h4-5,8-9,14H,3,6-7,10-12H2,1-2H3. The van der Waals surface area contributed by atoms with Gasteiger partial charge in [0.2, 0.25) is 5.91 Å². The number of rotatable bonds is 4. The molecule has 1 atom stereocenters. The second-order valence-electron chi connectivity index (χ2n) is 6.43. The monoisotopic (exact) mass is 406 g/mol. The van der Waals surface area contributed by atoms with E-state index in [-0.39, 0.29) is 24.3 Å². The maximum Gasteiger partial charge on any atom is 0.310 e. The molecule has 3 rings (SSSR count). The smallest absolute Gasteiger partial charge is 0.310 e. The van der Waals surface area contributed by atoms with Crippen LogP contribution in [0, 0.1) is 12.8 Å². The lowest BCUT2D eigenvalue weighted by Gasteiger charge is -2.31. The summed E-state index contributed by atoms with van der Waals surface area (Å²) in [6.45, 7) is 5.64. The predicted molar refractivity (Wildman–Crippen MR) is 100 cm³/mol. The fraction of sp³-hybridized carbons (Fsp3) is 0.474. The molecule has 5 nitrogen and oxygen atoms in total. The van der Waals surface area contributed by atoms with Crippen molar-refractivity contribution in [1.29, 1.82) is 0 Å². The number of likely N-dealkylation sites (tertiary alicyclic amines) is 1. The van der Waals surface area contributed by atoms with Gasteiger partial charge in [0.15, 0.2) is 0 Å². The number of ether oxygens (including phenoxy) is 1. The van der Waals surface area contributed by atoms with E-state index in [0.29, 0.717) is 19.7 Å². The first-order valence-corrected chi connectivity index (χ1v) is 9.50. The van der Waals surface area contributed by atoms with Gasteiger partial charge in [0.05, 0.1) is 12.5 Å². The largest absolute Gasteiger partial charge is 0.466 e. The molecule has 134 valence electrons. The van der Waals surface area contributed by atoms with E-state index in [1.165, 1.54) is 0 Å². The molecule has 1 aromatic heterocycles. The Bertz CT molecular complexity index is 799. The SMILES string of the molecule is CCOC(=O)C1CCCN(C(=O)Cn2c(C)c(Br)c3ccccc32)C1. The third-order valence-electron chi connectivity index (χ3n) is 4.84. The summed E-state index contributed by atoms with van der Waals surface area (Å²) in [6, 6.07) is 8.04. The molecule has 0 N–H and O–H groups in total. The Morgan fingerprint density at radius 3 is 2.84 bits per heavy atom. The van der Waals surface area contributed by atoms with Crippen molar-refractivity contribution in [1.82, 2.24) is 9.47 Å². The van der Waals surface area contributed by atoms with E-state index in [9.17, 15) is 9.59 Å². The van der Waals surface area contributed by atoms with Crippen molar-refractivity contribution < 1.29 is 14.3 Å². The van der Waals surface area contributed by atoms with Gasteiger partial charge < -0.3 is 14.2 Å². The molecule has 1 aromatic carbocycles. The normalized spacial score (nSPS) is 17.7. The number of para-hydroxylation sites is 1. The zero-order chi connectivity index (χ0) is 18.0. The lowest BCUT2D eigenvalue weighted by molar-refractivity contribution is -0.151. The molecule has 0 radical (unpaired) electrons. The summed E-state index contributed by atoms with van der Waals surface area (Å²) in [5.74, 6) is -0.345. The topological polar surface area (TPSA) is 51.5 Å². The van der Waals surface area contributed by atoms with Crippen LogP contribution in [-0.4, -0.2) is 41.0 Å². The fourth-order valence-electron chi connectivity index (χ4n) is 3.48. The summed E-state index contributed by atoms with van der Waals surface area (Å²) in [7, 11) is 0. The molecule has 25 heavy (non-hydrogen) atoms. The highest BCUT2D eigenvalue weighted by molar-refractivity contribution is 9.10. The van der Waals surface area contributed by atoms with Gasteiger partial charge in [0.1, 0.15) is 6.54 Å². The van der Waals surface area contributed by atoms with E-state index in [2.05, 4.69) is 15.9 Å². The average Bonchev–Trinajstić information content (AvgIpc) is 2.87. The Kier molecular flexibility index (Phi) is 5.47. The number of carbonyl (C=O) groups is 2. The lowest BCUT2D eigenvalue weighted by Crippen LogP contribution is -2.44. The first-order chi connectivity index (χ1) is 12.0. The highest BCUT2D eigenvalue weighted by Crippen LogP contribution is 2.30.